The topological polar surface area (TPSA) is 36.4 Å². The number of likely N-dealkylation sites (N-methyl/N-ethyl adjacent to an activating group) is 1. The predicted molar refractivity (Wildman–Crippen MR) is 90.6 cm³/mol. The van der Waals surface area contributed by atoms with Gasteiger partial charge < -0.3 is 9.80 Å². The number of aryl methyl sites for hydroxylation is 1. The standard InChI is InChI=1S/C17H21N3OS/c1-13-5-3-7-16(18-13)20-9-4-6-15(11-20)19(2)17(21)14-8-10-22-12-14/h3,5,7-8,10,12,15H,4,6,9,11H2,1-2H3/t15-/m1/s1. The Hall–Kier alpha value is -1.88. The summed E-state index contributed by atoms with van der Waals surface area (Å²) in [5.74, 6) is 1.13. The van der Waals surface area contributed by atoms with Crippen LogP contribution in [0.4, 0.5) is 5.82 Å². The number of rotatable bonds is 3. The number of hydrogen-bond donors (Lipinski definition) is 0. The van der Waals surface area contributed by atoms with Crippen LogP contribution in [0.5, 0.6) is 0 Å². The van der Waals surface area contributed by atoms with Gasteiger partial charge in [-0.1, -0.05) is 6.07 Å². The molecule has 1 fully saturated rings. The minimum Gasteiger partial charge on any atom is -0.355 e. The van der Waals surface area contributed by atoms with Crippen molar-refractivity contribution in [1.29, 1.82) is 0 Å². The summed E-state index contributed by atoms with van der Waals surface area (Å²) < 4.78 is 0. The van der Waals surface area contributed by atoms with Crippen LogP contribution in [0, 0.1) is 6.92 Å². The Morgan fingerprint density at radius 3 is 3.00 bits per heavy atom. The van der Waals surface area contributed by atoms with Crippen molar-refractivity contribution in [2.45, 2.75) is 25.8 Å². The lowest BCUT2D eigenvalue weighted by Crippen LogP contribution is -2.48. The van der Waals surface area contributed by atoms with Crippen LogP contribution in [0.1, 0.15) is 28.9 Å². The maximum absolute atomic E-state index is 12.5. The molecule has 1 aliphatic rings. The number of piperidine rings is 1. The Balaban J connectivity index is 1.71. The normalized spacial score (nSPS) is 18.3. The molecule has 0 unspecified atom stereocenters. The number of nitrogens with zero attached hydrogens (tertiary/aromatic N) is 3. The molecule has 0 aliphatic carbocycles. The second-order valence-corrected chi connectivity index (χ2v) is 6.59. The van der Waals surface area contributed by atoms with Gasteiger partial charge in [0.1, 0.15) is 5.82 Å². The second-order valence-electron chi connectivity index (χ2n) is 5.81. The third kappa shape index (κ3) is 3.14. The van der Waals surface area contributed by atoms with Gasteiger partial charge in [0.05, 0.1) is 5.56 Å². The summed E-state index contributed by atoms with van der Waals surface area (Å²) >= 11 is 1.56. The summed E-state index contributed by atoms with van der Waals surface area (Å²) in [5.41, 5.74) is 1.82. The minimum atomic E-state index is 0.116. The highest BCUT2D eigenvalue weighted by Gasteiger charge is 2.27. The third-order valence-corrected chi connectivity index (χ3v) is 4.91. The fourth-order valence-electron chi connectivity index (χ4n) is 2.94. The molecule has 1 amide bonds. The van der Waals surface area contributed by atoms with E-state index in [2.05, 4.69) is 16.0 Å². The van der Waals surface area contributed by atoms with Crippen molar-refractivity contribution in [2.24, 2.45) is 0 Å². The molecule has 1 saturated heterocycles. The summed E-state index contributed by atoms with van der Waals surface area (Å²) in [6, 6.07) is 8.24. The fourth-order valence-corrected chi connectivity index (χ4v) is 3.57. The molecule has 0 radical (unpaired) electrons. The van der Waals surface area contributed by atoms with E-state index in [1.165, 1.54) is 0 Å². The first-order chi connectivity index (χ1) is 10.6. The lowest BCUT2D eigenvalue weighted by atomic mass is 10.0. The van der Waals surface area contributed by atoms with Crippen LogP contribution < -0.4 is 4.90 Å². The average Bonchev–Trinajstić information content (AvgIpc) is 3.08. The van der Waals surface area contributed by atoms with Crippen LogP contribution in [0.25, 0.3) is 0 Å². The minimum absolute atomic E-state index is 0.116. The van der Waals surface area contributed by atoms with Crippen LogP contribution in [0.15, 0.2) is 35.0 Å². The van der Waals surface area contributed by atoms with E-state index in [-0.39, 0.29) is 11.9 Å². The molecular weight excluding hydrogens is 294 g/mol. The van der Waals surface area contributed by atoms with Gasteiger partial charge in [-0.15, -0.1) is 0 Å². The molecular formula is C17H21N3OS. The molecule has 22 heavy (non-hydrogen) atoms. The van der Waals surface area contributed by atoms with Crippen molar-refractivity contribution in [2.75, 3.05) is 25.0 Å². The van der Waals surface area contributed by atoms with Gasteiger partial charge in [0.15, 0.2) is 0 Å². The lowest BCUT2D eigenvalue weighted by Gasteiger charge is -2.38. The highest BCUT2D eigenvalue weighted by atomic mass is 32.1. The van der Waals surface area contributed by atoms with Gasteiger partial charge in [-0.05, 0) is 43.3 Å². The maximum Gasteiger partial charge on any atom is 0.254 e. The molecule has 1 atom stereocenters. The van der Waals surface area contributed by atoms with Crippen molar-refractivity contribution >= 4 is 23.1 Å². The van der Waals surface area contributed by atoms with Gasteiger partial charge in [0.2, 0.25) is 0 Å². The predicted octanol–water partition coefficient (Wildman–Crippen LogP) is 3.19. The molecule has 116 valence electrons. The van der Waals surface area contributed by atoms with Crippen molar-refractivity contribution in [1.82, 2.24) is 9.88 Å². The van der Waals surface area contributed by atoms with E-state index in [1.807, 2.05) is 47.8 Å². The maximum atomic E-state index is 12.5. The van der Waals surface area contributed by atoms with Gasteiger partial charge in [-0.2, -0.15) is 11.3 Å². The first-order valence-electron chi connectivity index (χ1n) is 7.63. The Bertz CT molecular complexity index is 641. The van der Waals surface area contributed by atoms with E-state index in [9.17, 15) is 4.79 Å². The van der Waals surface area contributed by atoms with Crippen molar-refractivity contribution < 1.29 is 4.79 Å². The Labute approximate surface area is 135 Å². The number of carbonyl (C=O) groups is 1. The number of carbonyl (C=O) groups excluding carboxylic acids is 1. The van der Waals surface area contributed by atoms with E-state index in [4.69, 9.17) is 0 Å². The Morgan fingerprint density at radius 1 is 1.41 bits per heavy atom. The summed E-state index contributed by atoms with van der Waals surface area (Å²) in [7, 11) is 1.91. The van der Waals surface area contributed by atoms with Crippen LogP contribution in [0.2, 0.25) is 0 Å². The molecule has 4 nitrogen and oxygen atoms in total. The van der Waals surface area contributed by atoms with E-state index in [0.29, 0.717) is 0 Å². The van der Waals surface area contributed by atoms with E-state index in [1.54, 1.807) is 11.3 Å². The van der Waals surface area contributed by atoms with Crippen molar-refractivity contribution in [3.8, 4) is 0 Å². The zero-order valence-electron chi connectivity index (χ0n) is 13.0. The Morgan fingerprint density at radius 2 is 2.27 bits per heavy atom. The fraction of sp³-hybridized carbons (Fsp3) is 0.412. The molecule has 0 spiro atoms. The number of hydrogen-bond acceptors (Lipinski definition) is 4. The van der Waals surface area contributed by atoms with E-state index < -0.39 is 0 Å². The molecule has 2 aromatic heterocycles. The van der Waals surface area contributed by atoms with Crippen LogP contribution in [-0.4, -0.2) is 42.0 Å². The highest BCUT2D eigenvalue weighted by Crippen LogP contribution is 2.22. The van der Waals surface area contributed by atoms with E-state index in [0.717, 1.165) is 43.0 Å². The van der Waals surface area contributed by atoms with Gasteiger partial charge in [-0.25, -0.2) is 4.98 Å². The highest BCUT2D eigenvalue weighted by molar-refractivity contribution is 7.08. The first kappa shape index (κ1) is 15.0. The first-order valence-corrected chi connectivity index (χ1v) is 8.57. The van der Waals surface area contributed by atoms with E-state index >= 15 is 0 Å². The zero-order chi connectivity index (χ0) is 15.5. The van der Waals surface area contributed by atoms with Gasteiger partial charge >= 0.3 is 0 Å². The SMILES string of the molecule is Cc1cccc(N2CCC[C@@H](N(C)C(=O)c3ccsc3)C2)n1. The van der Waals surface area contributed by atoms with Crippen molar-refractivity contribution in [3.63, 3.8) is 0 Å². The number of aromatic nitrogens is 1. The van der Waals surface area contributed by atoms with Crippen LogP contribution in [0.3, 0.4) is 0 Å². The molecule has 2 aromatic rings. The third-order valence-electron chi connectivity index (χ3n) is 4.23. The number of anilines is 1. The van der Waals surface area contributed by atoms with Crippen LogP contribution in [-0.2, 0) is 0 Å². The molecule has 0 bridgehead atoms. The molecule has 0 N–H and O–H groups in total. The largest absolute Gasteiger partial charge is 0.355 e. The van der Waals surface area contributed by atoms with Gasteiger partial charge in [-0.3, -0.25) is 4.79 Å². The summed E-state index contributed by atoms with van der Waals surface area (Å²) in [6.45, 7) is 3.87. The quantitative estimate of drug-likeness (QED) is 0.873. The average molecular weight is 315 g/mol. The number of pyridine rings is 1. The summed E-state index contributed by atoms with van der Waals surface area (Å²) in [5, 5.41) is 3.87. The summed E-state index contributed by atoms with van der Waals surface area (Å²) in [6.07, 6.45) is 2.14. The van der Waals surface area contributed by atoms with Crippen LogP contribution >= 0.6 is 11.3 Å². The van der Waals surface area contributed by atoms with Gasteiger partial charge in [0, 0.05) is 37.3 Å². The lowest BCUT2D eigenvalue weighted by molar-refractivity contribution is 0.0718. The van der Waals surface area contributed by atoms with Crippen molar-refractivity contribution in [3.05, 3.63) is 46.3 Å². The smallest absolute Gasteiger partial charge is 0.254 e. The molecule has 5 heteroatoms. The molecule has 3 rings (SSSR count). The molecule has 0 aromatic carbocycles. The number of amides is 1. The Kier molecular flexibility index (Phi) is 4.43. The molecule has 0 saturated carbocycles. The number of thiophene rings is 1. The summed E-state index contributed by atoms with van der Waals surface area (Å²) in [4.78, 5) is 21.3. The second kappa shape index (κ2) is 6.48. The molecule has 3 heterocycles. The molecule has 1 aliphatic heterocycles. The zero-order valence-corrected chi connectivity index (χ0v) is 13.8. The van der Waals surface area contributed by atoms with Gasteiger partial charge in [0.25, 0.3) is 5.91 Å². The monoisotopic (exact) mass is 315 g/mol.